The van der Waals surface area contributed by atoms with Crippen LogP contribution in [0, 0.1) is 5.92 Å². The zero-order valence-electron chi connectivity index (χ0n) is 17.0. The fourth-order valence-electron chi connectivity index (χ4n) is 3.65. The molecule has 2 fully saturated rings. The van der Waals surface area contributed by atoms with Crippen LogP contribution in [0.1, 0.15) is 30.7 Å². The van der Waals surface area contributed by atoms with Crippen LogP contribution in [-0.2, 0) is 14.3 Å². The molecule has 4 rings (SSSR count). The van der Waals surface area contributed by atoms with Gasteiger partial charge in [0.15, 0.2) is 0 Å². The van der Waals surface area contributed by atoms with Crippen LogP contribution in [-0.4, -0.2) is 47.8 Å². The molecule has 3 heterocycles. The molecule has 0 unspecified atom stereocenters. The van der Waals surface area contributed by atoms with Crippen LogP contribution in [0.2, 0.25) is 0 Å². The van der Waals surface area contributed by atoms with Crippen LogP contribution in [0.5, 0.6) is 17.4 Å². The summed E-state index contributed by atoms with van der Waals surface area (Å²) in [6, 6.07) is 8.58. The van der Waals surface area contributed by atoms with Gasteiger partial charge in [-0.05, 0) is 36.2 Å². The summed E-state index contributed by atoms with van der Waals surface area (Å²) in [4.78, 5) is 29.4. The van der Waals surface area contributed by atoms with Gasteiger partial charge in [0.05, 0.1) is 13.0 Å². The average molecular weight is 450 g/mol. The van der Waals surface area contributed by atoms with Crippen molar-refractivity contribution in [3.63, 3.8) is 0 Å². The molecule has 2 aromatic rings. The molecule has 1 aromatic heterocycles. The number of halogens is 3. The summed E-state index contributed by atoms with van der Waals surface area (Å²) in [5.74, 6) is 0.505. The molecule has 0 N–H and O–H groups in total. The minimum atomic E-state index is -4.74. The topological polar surface area (TPSA) is 78.0 Å². The van der Waals surface area contributed by atoms with Crippen molar-refractivity contribution in [1.29, 1.82) is 0 Å². The average Bonchev–Trinajstić information content (AvgIpc) is 3.12. The van der Waals surface area contributed by atoms with Crippen LogP contribution in [0.25, 0.3) is 0 Å². The molecule has 0 radical (unpaired) electrons. The number of carbonyl (C=O) groups is 2. The lowest BCUT2D eigenvalue weighted by molar-refractivity contribution is -0.274. The van der Waals surface area contributed by atoms with Gasteiger partial charge in [-0.3, -0.25) is 9.59 Å². The van der Waals surface area contributed by atoms with Gasteiger partial charge in [-0.1, -0.05) is 6.07 Å². The predicted molar refractivity (Wildman–Crippen MR) is 105 cm³/mol. The van der Waals surface area contributed by atoms with Crippen molar-refractivity contribution >= 4 is 11.9 Å². The monoisotopic (exact) mass is 450 g/mol. The molecule has 0 aliphatic carbocycles. The molecule has 0 saturated carbocycles. The van der Waals surface area contributed by atoms with E-state index in [4.69, 9.17) is 9.47 Å². The number of amides is 1. The lowest BCUT2D eigenvalue weighted by atomic mass is 9.92. The van der Waals surface area contributed by atoms with Gasteiger partial charge in [0.2, 0.25) is 11.8 Å². The molecule has 2 aliphatic heterocycles. The van der Waals surface area contributed by atoms with E-state index in [9.17, 15) is 22.8 Å². The second-order valence-electron chi connectivity index (χ2n) is 7.84. The maximum absolute atomic E-state index is 12.3. The number of hydrogen-bond acceptors (Lipinski definition) is 6. The van der Waals surface area contributed by atoms with Crippen LogP contribution in [0.4, 0.5) is 13.2 Å². The minimum Gasteiger partial charge on any atom is -0.465 e. The van der Waals surface area contributed by atoms with Gasteiger partial charge in [0.25, 0.3) is 0 Å². The Morgan fingerprint density at radius 1 is 1.12 bits per heavy atom. The summed E-state index contributed by atoms with van der Waals surface area (Å²) >= 11 is 0. The van der Waals surface area contributed by atoms with Crippen molar-refractivity contribution in [3.8, 4) is 17.4 Å². The highest BCUT2D eigenvalue weighted by atomic mass is 19.4. The van der Waals surface area contributed by atoms with Crippen molar-refractivity contribution in [2.75, 3.05) is 19.7 Å². The first kappa shape index (κ1) is 21.9. The highest BCUT2D eigenvalue weighted by Crippen LogP contribution is 2.30. The van der Waals surface area contributed by atoms with E-state index in [1.54, 1.807) is 17.2 Å². The smallest absolute Gasteiger partial charge is 0.465 e. The number of benzene rings is 1. The molecule has 1 atom stereocenters. The molecule has 2 saturated heterocycles. The summed E-state index contributed by atoms with van der Waals surface area (Å²) in [5.41, 5.74) is 0.977. The Kier molecular flexibility index (Phi) is 6.20. The summed E-state index contributed by atoms with van der Waals surface area (Å²) in [7, 11) is 0. The Hall–Kier alpha value is -3.30. The number of likely N-dealkylation sites (tertiary alicyclic amines) is 1. The second kappa shape index (κ2) is 9.05. The first-order chi connectivity index (χ1) is 15.2. The molecule has 32 heavy (non-hydrogen) atoms. The van der Waals surface area contributed by atoms with Crippen molar-refractivity contribution in [2.45, 2.75) is 31.5 Å². The normalized spacial score (nSPS) is 18.8. The van der Waals surface area contributed by atoms with Gasteiger partial charge in [-0.15, -0.1) is 13.2 Å². The van der Waals surface area contributed by atoms with Gasteiger partial charge >= 0.3 is 12.3 Å². The van der Waals surface area contributed by atoms with E-state index in [0.717, 1.165) is 17.7 Å². The number of alkyl halides is 3. The van der Waals surface area contributed by atoms with E-state index in [2.05, 4.69) is 9.72 Å². The van der Waals surface area contributed by atoms with E-state index in [0.29, 0.717) is 50.6 Å². The van der Waals surface area contributed by atoms with Gasteiger partial charge in [0, 0.05) is 43.6 Å². The van der Waals surface area contributed by atoms with Crippen LogP contribution >= 0.6 is 0 Å². The Morgan fingerprint density at radius 3 is 2.44 bits per heavy atom. The van der Waals surface area contributed by atoms with E-state index >= 15 is 0 Å². The number of aromatic nitrogens is 1. The number of ether oxygens (including phenoxy) is 3. The lowest BCUT2D eigenvalue weighted by Crippen LogP contribution is -2.48. The molecule has 170 valence electrons. The number of esters is 1. The van der Waals surface area contributed by atoms with Crippen LogP contribution < -0.4 is 9.47 Å². The van der Waals surface area contributed by atoms with Crippen molar-refractivity contribution in [3.05, 3.63) is 48.2 Å². The summed E-state index contributed by atoms with van der Waals surface area (Å²) in [6.07, 6.45) is -1.62. The third kappa shape index (κ3) is 5.68. The zero-order chi connectivity index (χ0) is 22.7. The fraction of sp³-hybridized carbons (Fsp3) is 0.409. The number of cyclic esters (lactones) is 1. The minimum absolute atomic E-state index is 0.0754. The molecular formula is C22H21F3N2O5. The van der Waals surface area contributed by atoms with E-state index < -0.39 is 6.36 Å². The Morgan fingerprint density at radius 2 is 1.84 bits per heavy atom. The molecule has 0 spiro atoms. The molecule has 2 aliphatic rings. The number of pyridine rings is 1. The molecule has 1 amide bonds. The number of carbonyl (C=O) groups excluding carboxylic acids is 2. The van der Waals surface area contributed by atoms with Crippen molar-refractivity contribution in [2.24, 2.45) is 5.92 Å². The predicted octanol–water partition coefficient (Wildman–Crippen LogP) is 4.04. The van der Waals surface area contributed by atoms with Gasteiger partial charge < -0.3 is 19.1 Å². The van der Waals surface area contributed by atoms with Crippen LogP contribution in [0.15, 0.2) is 42.6 Å². The molecule has 1 aromatic carbocycles. The largest absolute Gasteiger partial charge is 0.573 e. The fourth-order valence-corrected chi connectivity index (χ4v) is 3.65. The Balaban J connectivity index is 1.22. The van der Waals surface area contributed by atoms with E-state index in [1.165, 1.54) is 12.1 Å². The Bertz CT molecular complexity index is 957. The quantitative estimate of drug-likeness (QED) is 0.593. The third-order valence-electron chi connectivity index (χ3n) is 5.45. The highest BCUT2D eigenvalue weighted by Gasteiger charge is 2.33. The molecule has 7 nitrogen and oxygen atoms in total. The first-order valence-electron chi connectivity index (χ1n) is 10.2. The molecular weight excluding hydrogens is 429 g/mol. The van der Waals surface area contributed by atoms with Gasteiger partial charge in [-0.25, -0.2) is 4.98 Å². The first-order valence-corrected chi connectivity index (χ1v) is 10.2. The maximum atomic E-state index is 12.3. The molecule has 0 bridgehead atoms. The molecule has 10 heteroatoms. The van der Waals surface area contributed by atoms with Crippen molar-refractivity contribution < 1.29 is 37.0 Å². The number of hydrogen-bond donors (Lipinski definition) is 0. The second-order valence-corrected chi connectivity index (χ2v) is 7.84. The SMILES string of the molecule is O=C1C[C@H](CCC(=O)N2CC(c3ccc(Oc4ccc(OC(F)(F)F)cc4)nc3)C2)CO1. The lowest BCUT2D eigenvalue weighted by Gasteiger charge is -2.39. The zero-order valence-corrected chi connectivity index (χ0v) is 17.0. The summed E-state index contributed by atoms with van der Waals surface area (Å²) < 4.78 is 50.9. The third-order valence-corrected chi connectivity index (χ3v) is 5.45. The standard InChI is InChI=1S/C22H21F3N2O5/c23-22(24,25)32-18-5-3-17(4-6-18)31-19-7-2-15(10-26-19)16-11-27(12-16)20(28)8-1-14-9-21(29)30-13-14/h2-7,10,14,16H,1,8-9,11-13H2/t14-/m0/s1. The van der Waals surface area contributed by atoms with E-state index in [-0.39, 0.29) is 29.5 Å². The maximum Gasteiger partial charge on any atom is 0.573 e. The van der Waals surface area contributed by atoms with Crippen LogP contribution in [0.3, 0.4) is 0 Å². The highest BCUT2D eigenvalue weighted by molar-refractivity contribution is 5.77. The number of rotatable bonds is 7. The number of nitrogens with zero attached hydrogens (tertiary/aromatic N) is 2. The Labute approximate surface area is 182 Å². The summed E-state index contributed by atoms with van der Waals surface area (Å²) in [6.45, 7) is 1.63. The van der Waals surface area contributed by atoms with Gasteiger partial charge in [-0.2, -0.15) is 0 Å². The summed E-state index contributed by atoms with van der Waals surface area (Å²) in [5, 5.41) is 0. The van der Waals surface area contributed by atoms with E-state index in [1.807, 2.05) is 6.07 Å². The van der Waals surface area contributed by atoms with Crippen molar-refractivity contribution in [1.82, 2.24) is 9.88 Å². The van der Waals surface area contributed by atoms with Gasteiger partial charge in [0.1, 0.15) is 11.5 Å².